The topological polar surface area (TPSA) is 46.3 Å². The zero-order chi connectivity index (χ0) is 16.4. The van der Waals surface area contributed by atoms with E-state index >= 15 is 0 Å². The second-order valence-corrected chi connectivity index (χ2v) is 5.87. The second-order valence-electron chi connectivity index (χ2n) is 5.87. The summed E-state index contributed by atoms with van der Waals surface area (Å²) < 4.78 is 11.7. The molecule has 1 heterocycles. The van der Waals surface area contributed by atoms with Crippen LogP contribution in [-0.4, -0.2) is 17.9 Å². The first-order valence-corrected chi connectivity index (χ1v) is 7.66. The Morgan fingerprint density at radius 2 is 1.91 bits per heavy atom. The maximum Gasteiger partial charge on any atom is 0.388 e. The molecule has 1 N–H and O–H groups in total. The number of hydrogen-bond acceptors (Lipinski definition) is 3. The lowest BCUT2D eigenvalue weighted by atomic mass is 9.99. The van der Waals surface area contributed by atoms with Gasteiger partial charge in [0.25, 0.3) is 0 Å². The van der Waals surface area contributed by atoms with Gasteiger partial charge in [-0.3, -0.25) is 0 Å². The van der Waals surface area contributed by atoms with Gasteiger partial charge in [0.2, 0.25) is 5.01 Å². The van der Waals surface area contributed by atoms with Gasteiger partial charge in [-0.2, -0.15) is 5.21 Å². The molecule has 2 atom stereocenters. The molecule has 0 radical (unpaired) electrons. The molecule has 0 spiro atoms. The number of aryl methyl sites for hydroxylation is 2. The Morgan fingerprint density at radius 1 is 1.17 bits per heavy atom. The third-order valence-corrected chi connectivity index (χ3v) is 4.17. The minimum absolute atomic E-state index is 0.0800. The Hall–Kier alpha value is -2.51. The van der Waals surface area contributed by atoms with E-state index in [1.54, 1.807) is 0 Å². The summed E-state index contributed by atoms with van der Waals surface area (Å²) in [6.45, 7) is 6.43. The van der Waals surface area contributed by atoms with Gasteiger partial charge in [-0.1, -0.05) is 36.4 Å². The first-order chi connectivity index (χ1) is 11.1. The van der Waals surface area contributed by atoms with Crippen molar-refractivity contribution in [3.63, 3.8) is 0 Å². The summed E-state index contributed by atoms with van der Waals surface area (Å²) in [6.07, 6.45) is 0.198. The van der Waals surface area contributed by atoms with Gasteiger partial charge in [0.1, 0.15) is 30.1 Å². The summed E-state index contributed by atoms with van der Waals surface area (Å²) in [4.78, 5) is 0. The Bertz CT molecular complexity index is 775. The van der Waals surface area contributed by atoms with E-state index in [0.29, 0.717) is 6.61 Å². The fourth-order valence-corrected chi connectivity index (χ4v) is 2.98. The molecule has 3 rings (SSSR count). The van der Waals surface area contributed by atoms with Crippen molar-refractivity contribution in [1.29, 1.82) is 0 Å². The molecule has 1 aliphatic heterocycles. The lowest BCUT2D eigenvalue weighted by Crippen LogP contribution is -2.08. The van der Waals surface area contributed by atoms with Gasteiger partial charge in [0.15, 0.2) is 0 Å². The molecular formula is C19H20NO3+. The molecule has 0 bridgehead atoms. The molecule has 1 aliphatic rings. The maximum absolute atomic E-state index is 8.77. The fraction of sp³-hybridized carbons (Fsp3) is 0.316. The molecule has 1 saturated heterocycles. The molecule has 1 fully saturated rings. The Morgan fingerprint density at radius 3 is 2.61 bits per heavy atom. The van der Waals surface area contributed by atoms with Gasteiger partial charge >= 0.3 is 6.07 Å². The Balaban J connectivity index is 1.72. The fourth-order valence-electron chi connectivity index (χ4n) is 2.98. The van der Waals surface area contributed by atoms with E-state index in [0.717, 1.165) is 28.0 Å². The van der Waals surface area contributed by atoms with Crippen LogP contribution >= 0.6 is 0 Å². The molecule has 4 nitrogen and oxygen atoms in total. The smallest absolute Gasteiger partial charge is 0.388 e. The van der Waals surface area contributed by atoms with Gasteiger partial charge in [-0.25, -0.2) is 0 Å². The minimum atomic E-state index is 0.0800. The van der Waals surface area contributed by atoms with Gasteiger partial charge in [0.05, 0.1) is 0 Å². The second kappa shape index (κ2) is 6.31. The summed E-state index contributed by atoms with van der Waals surface area (Å²) in [5, 5.41) is 11.8. The average molecular weight is 310 g/mol. The number of ether oxygens (including phenoxy) is 2. The lowest BCUT2D eigenvalue weighted by molar-refractivity contribution is 0.258. The molecule has 0 amide bonds. The van der Waals surface area contributed by atoms with Crippen molar-refractivity contribution in [2.75, 3.05) is 6.61 Å². The van der Waals surface area contributed by atoms with Crippen LogP contribution in [0, 0.1) is 26.8 Å². The van der Waals surface area contributed by atoms with Crippen LogP contribution in [0.3, 0.4) is 0 Å². The zero-order valence-electron chi connectivity index (χ0n) is 13.5. The van der Waals surface area contributed by atoms with Crippen LogP contribution in [0.25, 0.3) is 5.01 Å². The molecule has 0 aromatic heterocycles. The van der Waals surface area contributed by atoms with Crippen molar-refractivity contribution in [3.05, 3.63) is 69.2 Å². The average Bonchev–Trinajstić information content (AvgIpc) is 3.31. The maximum atomic E-state index is 8.77. The highest BCUT2D eigenvalue weighted by atomic mass is 16.6. The predicted molar refractivity (Wildman–Crippen MR) is 88.3 cm³/mol. The molecule has 4 heteroatoms. The highest BCUT2D eigenvalue weighted by Crippen LogP contribution is 2.39. The molecule has 2 aromatic carbocycles. The predicted octanol–water partition coefficient (Wildman–Crippen LogP) is 4.20. The third-order valence-electron chi connectivity index (χ3n) is 4.17. The SMILES string of the molecule is Cc1cc(C)c(OCC2OC2c2ccccc2)c(C)c1C#[N+]O. The van der Waals surface area contributed by atoms with Gasteiger partial charge in [-0.05, 0) is 37.5 Å². The van der Waals surface area contributed by atoms with Crippen LogP contribution in [0.2, 0.25) is 0 Å². The Labute approximate surface area is 136 Å². The number of nitrogens with zero attached hydrogens (tertiary/aromatic N) is 1. The van der Waals surface area contributed by atoms with Crippen molar-refractivity contribution < 1.29 is 14.7 Å². The molecule has 23 heavy (non-hydrogen) atoms. The van der Waals surface area contributed by atoms with E-state index < -0.39 is 0 Å². The molecule has 118 valence electrons. The molecule has 0 saturated carbocycles. The van der Waals surface area contributed by atoms with E-state index in [4.69, 9.17) is 14.7 Å². The van der Waals surface area contributed by atoms with Crippen LogP contribution in [0.15, 0.2) is 36.4 Å². The van der Waals surface area contributed by atoms with Gasteiger partial charge < -0.3 is 9.47 Å². The number of rotatable bonds is 4. The molecule has 2 aromatic rings. The van der Waals surface area contributed by atoms with Crippen molar-refractivity contribution in [2.45, 2.75) is 33.0 Å². The summed E-state index contributed by atoms with van der Waals surface area (Å²) in [7, 11) is 0. The first-order valence-electron chi connectivity index (χ1n) is 7.66. The largest absolute Gasteiger partial charge is 0.490 e. The highest BCUT2D eigenvalue weighted by molar-refractivity contribution is 5.55. The van der Waals surface area contributed by atoms with Crippen LogP contribution in [0.4, 0.5) is 0 Å². The summed E-state index contributed by atoms with van der Waals surface area (Å²) in [6, 6.07) is 14.8. The monoisotopic (exact) mass is 310 g/mol. The van der Waals surface area contributed by atoms with Crippen LogP contribution in [0.5, 0.6) is 5.75 Å². The normalized spacial score (nSPS) is 18.9. The van der Waals surface area contributed by atoms with Crippen molar-refractivity contribution in [1.82, 2.24) is 0 Å². The summed E-state index contributed by atoms with van der Waals surface area (Å²) in [5.74, 6) is 0.809. The quantitative estimate of drug-likeness (QED) is 0.680. The molecule has 2 unspecified atom stereocenters. The van der Waals surface area contributed by atoms with Crippen molar-refractivity contribution in [3.8, 4) is 11.8 Å². The van der Waals surface area contributed by atoms with E-state index in [1.165, 1.54) is 5.56 Å². The van der Waals surface area contributed by atoms with Gasteiger partial charge in [-0.15, -0.1) is 0 Å². The molecule has 0 aliphatic carbocycles. The van der Waals surface area contributed by atoms with Crippen LogP contribution in [-0.2, 0) is 4.74 Å². The third kappa shape index (κ3) is 3.15. The van der Waals surface area contributed by atoms with E-state index in [9.17, 15) is 0 Å². The standard InChI is InChI=1S/C19H19NO3/c1-12-9-13(2)18(14(3)16(12)10-20-21)22-11-17-19(23-17)15-7-5-4-6-8-15/h4-9,17,19H,11H2,1-3H3/p+1. The van der Waals surface area contributed by atoms with Crippen molar-refractivity contribution >= 4 is 0 Å². The summed E-state index contributed by atoms with van der Waals surface area (Å²) >= 11 is 0. The van der Waals surface area contributed by atoms with Crippen molar-refractivity contribution in [2.24, 2.45) is 0 Å². The van der Waals surface area contributed by atoms with Crippen LogP contribution < -0.4 is 4.74 Å². The van der Waals surface area contributed by atoms with Crippen LogP contribution in [0.1, 0.15) is 33.9 Å². The summed E-state index contributed by atoms with van der Waals surface area (Å²) in [5.41, 5.74) is 4.94. The Kier molecular flexibility index (Phi) is 4.22. The number of epoxide rings is 1. The number of benzene rings is 2. The van der Waals surface area contributed by atoms with E-state index in [-0.39, 0.29) is 12.2 Å². The van der Waals surface area contributed by atoms with E-state index in [2.05, 4.69) is 23.2 Å². The minimum Gasteiger partial charge on any atom is -0.490 e. The zero-order valence-corrected chi connectivity index (χ0v) is 13.5. The van der Waals surface area contributed by atoms with E-state index in [1.807, 2.05) is 45.0 Å². The van der Waals surface area contributed by atoms with Gasteiger partial charge in [0, 0.05) is 5.56 Å². The first kappa shape index (κ1) is 15.4. The lowest BCUT2D eigenvalue weighted by Gasteiger charge is -2.13. The highest BCUT2D eigenvalue weighted by Gasteiger charge is 2.40. The molecular weight excluding hydrogens is 290 g/mol. The number of hydrogen-bond donors (Lipinski definition) is 1.